The summed E-state index contributed by atoms with van der Waals surface area (Å²) in [5, 5.41) is 3.73. The first-order chi connectivity index (χ1) is 11.7. The number of H-pyrrole nitrogens is 1. The van der Waals surface area contributed by atoms with Crippen LogP contribution in [0.15, 0.2) is 18.2 Å². The predicted molar refractivity (Wildman–Crippen MR) is 93.8 cm³/mol. The number of amides is 1. The first kappa shape index (κ1) is 18.0. The molecule has 3 rings (SSSR count). The number of aromatic nitrogens is 1. The van der Waals surface area contributed by atoms with Gasteiger partial charge in [-0.3, -0.25) is 4.79 Å². The van der Waals surface area contributed by atoms with Crippen molar-refractivity contribution >= 4 is 55.8 Å². The zero-order chi connectivity index (χ0) is 18.2. The second kappa shape index (κ2) is 6.86. The second-order valence-electron chi connectivity index (χ2n) is 5.75. The monoisotopic (exact) mass is 404 g/mol. The largest absolute Gasteiger partial charge is 0.451 e. The first-order valence-corrected chi connectivity index (χ1v) is 9.96. The molecular formula is C15H14Cl2N2O5S. The van der Waals surface area contributed by atoms with Crippen LogP contribution in [0.2, 0.25) is 10.0 Å². The maximum absolute atomic E-state index is 12.1. The van der Waals surface area contributed by atoms with Gasteiger partial charge in [0, 0.05) is 22.0 Å². The van der Waals surface area contributed by atoms with E-state index in [2.05, 4.69) is 10.3 Å². The molecule has 1 aromatic carbocycles. The molecule has 10 heteroatoms. The fourth-order valence-corrected chi connectivity index (χ4v) is 4.78. The lowest BCUT2D eigenvalue weighted by atomic mass is 10.2. The quantitative estimate of drug-likeness (QED) is 0.757. The number of halogens is 2. The number of carbonyl (C=O) groups excluding carboxylic acids is 2. The van der Waals surface area contributed by atoms with Gasteiger partial charge in [0.1, 0.15) is 5.69 Å². The van der Waals surface area contributed by atoms with E-state index in [1.165, 1.54) is 0 Å². The Kier molecular flexibility index (Phi) is 4.95. The van der Waals surface area contributed by atoms with Gasteiger partial charge in [-0.05, 0) is 24.6 Å². The van der Waals surface area contributed by atoms with Crippen LogP contribution < -0.4 is 5.32 Å². The van der Waals surface area contributed by atoms with Crippen molar-refractivity contribution in [3.63, 3.8) is 0 Å². The maximum Gasteiger partial charge on any atom is 0.356 e. The van der Waals surface area contributed by atoms with Crippen LogP contribution in [0.3, 0.4) is 0 Å². The molecule has 2 N–H and O–H groups in total. The van der Waals surface area contributed by atoms with E-state index in [0.717, 1.165) is 0 Å². The average Bonchev–Trinajstić information content (AvgIpc) is 3.05. The molecule has 2 heterocycles. The molecule has 1 aliphatic heterocycles. The van der Waals surface area contributed by atoms with Crippen molar-refractivity contribution in [3.8, 4) is 0 Å². The molecule has 0 radical (unpaired) electrons. The van der Waals surface area contributed by atoms with Crippen LogP contribution in [-0.2, 0) is 19.4 Å². The number of hydrogen-bond donors (Lipinski definition) is 2. The summed E-state index contributed by atoms with van der Waals surface area (Å²) < 4.78 is 27.7. The fourth-order valence-electron chi connectivity index (χ4n) is 2.65. The number of esters is 1. The number of hydrogen-bond acceptors (Lipinski definition) is 5. The van der Waals surface area contributed by atoms with Crippen molar-refractivity contribution in [1.82, 2.24) is 10.3 Å². The number of aromatic amines is 1. The number of carbonyl (C=O) groups is 2. The summed E-state index contributed by atoms with van der Waals surface area (Å²) in [6, 6.07) is 4.48. The molecule has 0 bridgehead atoms. The lowest BCUT2D eigenvalue weighted by molar-refractivity contribution is -0.124. The molecule has 7 nitrogen and oxygen atoms in total. The second-order valence-corrected chi connectivity index (χ2v) is 8.79. The predicted octanol–water partition coefficient (Wildman–Crippen LogP) is 1.93. The molecule has 0 unspecified atom stereocenters. The van der Waals surface area contributed by atoms with Gasteiger partial charge in [0.05, 0.1) is 16.5 Å². The molecule has 1 aromatic heterocycles. The lowest BCUT2D eigenvalue weighted by Crippen LogP contribution is -2.38. The highest BCUT2D eigenvalue weighted by atomic mass is 35.5. The number of nitrogens with one attached hydrogen (secondary N) is 2. The molecule has 2 aromatic rings. The summed E-state index contributed by atoms with van der Waals surface area (Å²) >= 11 is 12.0. The van der Waals surface area contributed by atoms with Crippen molar-refractivity contribution in [3.05, 3.63) is 33.9 Å². The van der Waals surface area contributed by atoms with Crippen LogP contribution in [0.4, 0.5) is 0 Å². The van der Waals surface area contributed by atoms with Crippen molar-refractivity contribution < 1.29 is 22.7 Å². The number of rotatable bonds is 4. The summed E-state index contributed by atoms with van der Waals surface area (Å²) in [7, 11) is -3.10. The molecule has 1 fully saturated rings. The topological polar surface area (TPSA) is 105 Å². The Morgan fingerprint density at radius 2 is 2.08 bits per heavy atom. The van der Waals surface area contributed by atoms with Gasteiger partial charge in [0.25, 0.3) is 5.91 Å². The molecule has 1 atom stereocenters. The molecule has 134 valence electrons. The van der Waals surface area contributed by atoms with Crippen LogP contribution in [0.25, 0.3) is 10.9 Å². The van der Waals surface area contributed by atoms with Gasteiger partial charge >= 0.3 is 5.97 Å². The van der Waals surface area contributed by atoms with Crippen molar-refractivity contribution in [2.75, 3.05) is 18.1 Å². The Balaban J connectivity index is 1.61. The van der Waals surface area contributed by atoms with Gasteiger partial charge in [-0.15, -0.1) is 0 Å². The number of sulfone groups is 1. The average molecular weight is 405 g/mol. The highest BCUT2D eigenvalue weighted by Crippen LogP contribution is 2.30. The van der Waals surface area contributed by atoms with Gasteiger partial charge in [-0.1, -0.05) is 23.2 Å². The smallest absolute Gasteiger partial charge is 0.356 e. The van der Waals surface area contributed by atoms with E-state index in [-0.39, 0.29) is 22.2 Å². The maximum atomic E-state index is 12.1. The summed E-state index contributed by atoms with van der Waals surface area (Å²) in [5.74, 6) is -1.40. The first-order valence-electron chi connectivity index (χ1n) is 7.39. The van der Waals surface area contributed by atoms with E-state index in [1.807, 2.05) is 0 Å². The zero-order valence-electron chi connectivity index (χ0n) is 12.8. The standard InChI is InChI=1S/C15H14Cl2N2O5S/c16-8-1-2-11-10(5-8)13(17)14(19-11)15(21)24-6-12(20)18-9-3-4-25(22,23)7-9/h1-2,5,9,19H,3-4,6-7H2,(H,18,20)/t9-/m1/s1. The molecule has 0 saturated carbocycles. The Labute approximate surface area is 153 Å². The minimum atomic E-state index is -3.10. The van der Waals surface area contributed by atoms with Crippen LogP contribution in [-0.4, -0.2) is 49.4 Å². The summed E-state index contributed by atoms with van der Waals surface area (Å²) in [5.41, 5.74) is 0.636. The van der Waals surface area contributed by atoms with E-state index in [1.54, 1.807) is 18.2 Å². The molecular weight excluding hydrogens is 391 g/mol. The van der Waals surface area contributed by atoms with E-state index in [0.29, 0.717) is 22.3 Å². The highest BCUT2D eigenvalue weighted by Gasteiger charge is 2.29. The van der Waals surface area contributed by atoms with Crippen molar-refractivity contribution in [2.24, 2.45) is 0 Å². The fraction of sp³-hybridized carbons (Fsp3) is 0.333. The third-order valence-electron chi connectivity index (χ3n) is 3.83. The van der Waals surface area contributed by atoms with E-state index in [4.69, 9.17) is 27.9 Å². The van der Waals surface area contributed by atoms with E-state index >= 15 is 0 Å². The van der Waals surface area contributed by atoms with Crippen molar-refractivity contribution in [2.45, 2.75) is 12.5 Å². The molecule has 0 aliphatic carbocycles. The summed E-state index contributed by atoms with van der Waals surface area (Å²) in [6.07, 6.45) is 0.358. The lowest BCUT2D eigenvalue weighted by Gasteiger charge is -2.10. The third-order valence-corrected chi connectivity index (χ3v) is 6.23. The third kappa shape index (κ3) is 4.08. The Morgan fingerprint density at radius 3 is 2.76 bits per heavy atom. The van der Waals surface area contributed by atoms with E-state index in [9.17, 15) is 18.0 Å². The van der Waals surface area contributed by atoms with Crippen LogP contribution in [0, 0.1) is 0 Å². The van der Waals surface area contributed by atoms with Crippen LogP contribution in [0.5, 0.6) is 0 Å². The number of benzene rings is 1. The molecule has 25 heavy (non-hydrogen) atoms. The molecule has 1 saturated heterocycles. The molecule has 1 aliphatic rings. The Bertz CT molecular complexity index is 954. The van der Waals surface area contributed by atoms with Crippen LogP contribution in [0.1, 0.15) is 16.9 Å². The van der Waals surface area contributed by atoms with Gasteiger partial charge in [-0.25, -0.2) is 13.2 Å². The SMILES string of the molecule is O=C(COC(=O)c1[nH]c2ccc(Cl)cc2c1Cl)N[C@@H]1CCS(=O)(=O)C1. The van der Waals surface area contributed by atoms with Crippen molar-refractivity contribution in [1.29, 1.82) is 0 Å². The van der Waals surface area contributed by atoms with E-state index < -0.39 is 34.4 Å². The Morgan fingerprint density at radius 1 is 1.32 bits per heavy atom. The van der Waals surface area contributed by atoms with Crippen LogP contribution >= 0.6 is 23.2 Å². The normalized spacial score (nSPS) is 19.0. The number of fused-ring (bicyclic) bond motifs is 1. The minimum absolute atomic E-state index is 0.0233. The van der Waals surface area contributed by atoms with Gasteiger partial charge in [0.2, 0.25) is 0 Å². The molecule has 0 spiro atoms. The summed E-state index contributed by atoms with van der Waals surface area (Å²) in [4.78, 5) is 26.7. The van der Waals surface area contributed by atoms with Gasteiger partial charge in [-0.2, -0.15) is 0 Å². The highest BCUT2D eigenvalue weighted by molar-refractivity contribution is 7.91. The Hall–Kier alpha value is -1.77. The minimum Gasteiger partial charge on any atom is -0.451 e. The zero-order valence-corrected chi connectivity index (χ0v) is 15.2. The van der Waals surface area contributed by atoms with Gasteiger partial charge in [0.15, 0.2) is 16.4 Å². The summed E-state index contributed by atoms with van der Waals surface area (Å²) in [6.45, 7) is -0.526. The molecule has 1 amide bonds. The van der Waals surface area contributed by atoms with Gasteiger partial charge < -0.3 is 15.0 Å². The number of ether oxygens (including phenoxy) is 1.